The second-order valence-electron chi connectivity index (χ2n) is 2.70. The third-order valence-corrected chi connectivity index (χ3v) is 1.73. The van der Waals surface area contributed by atoms with Crippen LogP contribution in [0.25, 0.3) is 0 Å². The molecule has 1 amide bonds. The van der Waals surface area contributed by atoms with Crippen molar-refractivity contribution in [3.8, 4) is 5.75 Å². The van der Waals surface area contributed by atoms with Crippen LogP contribution in [-0.4, -0.2) is 19.1 Å². The van der Waals surface area contributed by atoms with E-state index in [2.05, 4.69) is 5.48 Å². The van der Waals surface area contributed by atoms with Crippen molar-refractivity contribution in [1.29, 1.82) is 0 Å². The van der Waals surface area contributed by atoms with Crippen LogP contribution < -0.4 is 10.2 Å². The first-order chi connectivity index (χ1) is 7.22. The fraction of sp³-hybridized carbons (Fsp3) is 0.300. The maximum Gasteiger partial charge on any atom is 0.281 e. The van der Waals surface area contributed by atoms with Gasteiger partial charge in [0.25, 0.3) is 5.91 Å². The first-order valence-electron chi connectivity index (χ1n) is 4.51. The third kappa shape index (κ3) is 4.67. The molecule has 0 aliphatic heterocycles. The highest BCUT2D eigenvalue weighted by atomic mass is 35.5. The van der Waals surface area contributed by atoms with Gasteiger partial charge in [-0.3, -0.25) is 9.63 Å². The maximum atomic E-state index is 11.1. The van der Waals surface area contributed by atoms with E-state index in [4.69, 9.17) is 21.2 Å². The molecule has 15 heavy (non-hydrogen) atoms. The molecule has 0 fully saturated rings. The molecule has 0 saturated heterocycles. The molecule has 0 spiro atoms. The first kappa shape index (κ1) is 11.8. The molecule has 0 bridgehead atoms. The van der Waals surface area contributed by atoms with Crippen molar-refractivity contribution >= 4 is 17.5 Å². The molecule has 1 rings (SSSR count). The molecule has 0 radical (unpaired) electrons. The highest BCUT2D eigenvalue weighted by Gasteiger charge is 2.02. The number of halogens is 1. The molecule has 0 saturated carbocycles. The summed E-state index contributed by atoms with van der Waals surface area (Å²) in [6, 6.07) is 6.84. The summed E-state index contributed by atoms with van der Waals surface area (Å²) in [6.45, 7) is 2.10. The van der Waals surface area contributed by atoms with Crippen LogP contribution >= 0.6 is 11.6 Å². The molecule has 1 aromatic carbocycles. The Morgan fingerprint density at radius 2 is 2.33 bits per heavy atom. The number of amides is 1. The monoisotopic (exact) mass is 229 g/mol. The van der Waals surface area contributed by atoms with Crippen LogP contribution in [0.1, 0.15) is 6.92 Å². The van der Waals surface area contributed by atoms with E-state index < -0.39 is 0 Å². The topological polar surface area (TPSA) is 47.6 Å². The van der Waals surface area contributed by atoms with Crippen LogP contribution in [0.15, 0.2) is 24.3 Å². The van der Waals surface area contributed by atoms with Crippen molar-refractivity contribution in [2.75, 3.05) is 13.2 Å². The summed E-state index contributed by atoms with van der Waals surface area (Å²) in [4.78, 5) is 15.8. The average Bonchev–Trinajstić information content (AvgIpc) is 2.23. The second kappa shape index (κ2) is 6.27. The van der Waals surface area contributed by atoms with Crippen molar-refractivity contribution in [3.63, 3.8) is 0 Å². The van der Waals surface area contributed by atoms with Crippen molar-refractivity contribution in [2.45, 2.75) is 6.92 Å². The van der Waals surface area contributed by atoms with Gasteiger partial charge in [0.2, 0.25) is 0 Å². The highest BCUT2D eigenvalue weighted by Crippen LogP contribution is 2.16. The SMILES string of the molecule is CCONC(=O)COc1cccc(Cl)c1. The normalized spacial score (nSPS) is 9.73. The van der Waals surface area contributed by atoms with Crippen molar-refractivity contribution in [2.24, 2.45) is 0 Å². The van der Waals surface area contributed by atoms with E-state index in [-0.39, 0.29) is 12.5 Å². The molecule has 4 nitrogen and oxygen atoms in total. The lowest BCUT2D eigenvalue weighted by Gasteiger charge is -2.06. The van der Waals surface area contributed by atoms with E-state index in [1.807, 2.05) is 0 Å². The van der Waals surface area contributed by atoms with Gasteiger partial charge in [0.1, 0.15) is 5.75 Å². The van der Waals surface area contributed by atoms with Gasteiger partial charge in [-0.2, -0.15) is 0 Å². The Morgan fingerprint density at radius 3 is 3.00 bits per heavy atom. The molecule has 0 atom stereocenters. The van der Waals surface area contributed by atoms with Crippen molar-refractivity contribution < 1.29 is 14.4 Å². The number of ether oxygens (including phenoxy) is 1. The summed E-state index contributed by atoms with van der Waals surface area (Å²) in [5.41, 5.74) is 2.22. The van der Waals surface area contributed by atoms with E-state index in [1.165, 1.54) is 0 Å². The zero-order valence-electron chi connectivity index (χ0n) is 8.33. The lowest BCUT2D eigenvalue weighted by molar-refractivity contribution is -0.135. The molecule has 0 unspecified atom stereocenters. The predicted octanol–water partition coefficient (Wildman–Crippen LogP) is 1.79. The molecule has 0 aliphatic rings. The first-order valence-corrected chi connectivity index (χ1v) is 4.89. The maximum absolute atomic E-state index is 11.1. The Balaban J connectivity index is 2.33. The number of carbonyl (C=O) groups excluding carboxylic acids is 1. The lowest BCUT2D eigenvalue weighted by Crippen LogP contribution is -2.28. The van der Waals surface area contributed by atoms with Crippen LogP contribution in [0.4, 0.5) is 0 Å². The number of hydroxylamine groups is 1. The molecule has 82 valence electrons. The number of rotatable bonds is 5. The summed E-state index contributed by atoms with van der Waals surface area (Å²) < 4.78 is 5.17. The number of nitrogens with one attached hydrogen (secondary N) is 1. The Labute approximate surface area is 93.1 Å². The minimum Gasteiger partial charge on any atom is -0.484 e. The molecular formula is C10H12ClNO3. The summed E-state index contributed by atoms with van der Waals surface area (Å²) in [7, 11) is 0. The Morgan fingerprint density at radius 1 is 1.53 bits per heavy atom. The minimum absolute atomic E-state index is 0.0969. The smallest absolute Gasteiger partial charge is 0.281 e. The van der Waals surface area contributed by atoms with E-state index in [0.29, 0.717) is 17.4 Å². The van der Waals surface area contributed by atoms with Gasteiger partial charge in [0, 0.05) is 5.02 Å². The Hall–Kier alpha value is -1.26. The van der Waals surface area contributed by atoms with Crippen LogP contribution in [0.2, 0.25) is 5.02 Å². The minimum atomic E-state index is -0.336. The quantitative estimate of drug-likeness (QED) is 0.783. The second-order valence-corrected chi connectivity index (χ2v) is 3.14. The van der Waals surface area contributed by atoms with Gasteiger partial charge in [0.05, 0.1) is 6.61 Å². The fourth-order valence-electron chi connectivity index (χ4n) is 0.888. The van der Waals surface area contributed by atoms with Gasteiger partial charge in [-0.15, -0.1) is 0 Å². The highest BCUT2D eigenvalue weighted by molar-refractivity contribution is 6.30. The van der Waals surface area contributed by atoms with Crippen molar-refractivity contribution in [3.05, 3.63) is 29.3 Å². The standard InChI is InChI=1S/C10H12ClNO3/c1-2-15-12-10(13)7-14-9-5-3-4-8(11)6-9/h3-6H,2,7H2,1H3,(H,12,13). The molecule has 0 heterocycles. The van der Waals surface area contributed by atoms with Gasteiger partial charge in [0.15, 0.2) is 6.61 Å². The number of hydrogen-bond donors (Lipinski definition) is 1. The Kier molecular flexibility index (Phi) is 4.93. The number of hydrogen-bond acceptors (Lipinski definition) is 3. The Bertz CT molecular complexity index is 330. The van der Waals surface area contributed by atoms with E-state index in [0.717, 1.165) is 0 Å². The van der Waals surface area contributed by atoms with Gasteiger partial charge < -0.3 is 4.74 Å². The predicted molar refractivity (Wildman–Crippen MR) is 56.7 cm³/mol. The van der Waals surface area contributed by atoms with Gasteiger partial charge in [-0.1, -0.05) is 17.7 Å². The fourth-order valence-corrected chi connectivity index (χ4v) is 1.07. The molecule has 1 N–H and O–H groups in total. The average molecular weight is 230 g/mol. The van der Waals surface area contributed by atoms with Crippen LogP contribution in [0, 0.1) is 0 Å². The van der Waals surface area contributed by atoms with Gasteiger partial charge in [-0.05, 0) is 25.1 Å². The van der Waals surface area contributed by atoms with Crippen LogP contribution in [0.3, 0.4) is 0 Å². The lowest BCUT2D eigenvalue weighted by atomic mass is 10.3. The zero-order chi connectivity index (χ0) is 11.1. The van der Waals surface area contributed by atoms with E-state index >= 15 is 0 Å². The zero-order valence-corrected chi connectivity index (χ0v) is 9.08. The summed E-state index contributed by atoms with van der Waals surface area (Å²) in [6.07, 6.45) is 0. The number of carbonyl (C=O) groups is 1. The summed E-state index contributed by atoms with van der Waals surface area (Å²) in [5, 5.41) is 0.567. The molecule has 5 heteroatoms. The van der Waals surface area contributed by atoms with Crippen LogP contribution in [-0.2, 0) is 9.63 Å². The van der Waals surface area contributed by atoms with Gasteiger partial charge >= 0.3 is 0 Å². The van der Waals surface area contributed by atoms with Crippen molar-refractivity contribution in [1.82, 2.24) is 5.48 Å². The summed E-state index contributed by atoms with van der Waals surface area (Å²) in [5.74, 6) is 0.214. The largest absolute Gasteiger partial charge is 0.484 e. The molecule has 0 aromatic heterocycles. The molecule has 1 aromatic rings. The van der Waals surface area contributed by atoms with Crippen LogP contribution in [0.5, 0.6) is 5.75 Å². The number of benzene rings is 1. The molecule has 0 aliphatic carbocycles. The molecular weight excluding hydrogens is 218 g/mol. The summed E-state index contributed by atoms with van der Waals surface area (Å²) >= 11 is 5.74. The third-order valence-electron chi connectivity index (χ3n) is 1.50. The van der Waals surface area contributed by atoms with E-state index in [1.54, 1.807) is 31.2 Å². The van der Waals surface area contributed by atoms with E-state index in [9.17, 15) is 4.79 Å². The van der Waals surface area contributed by atoms with Gasteiger partial charge in [-0.25, -0.2) is 5.48 Å².